The highest BCUT2D eigenvalue weighted by molar-refractivity contribution is 5.98. The van der Waals surface area contributed by atoms with Gasteiger partial charge in [0.1, 0.15) is 5.75 Å². The first kappa shape index (κ1) is 21.1. The third kappa shape index (κ3) is 6.81. The summed E-state index contributed by atoms with van der Waals surface area (Å²) in [5, 5.41) is 0. The molecule has 0 atom stereocenters. The first-order valence-corrected chi connectivity index (χ1v) is 9.34. The van der Waals surface area contributed by atoms with Crippen molar-refractivity contribution in [3.63, 3.8) is 0 Å². The van der Waals surface area contributed by atoms with Crippen LogP contribution >= 0.6 is 0 Å². The van der Waals surface area contributed by atoms with E-state index in [9.17, 15) is 14.4 Å². The topological polar surface area (TPSA) is 60.4 Å². The summed E-state index contributed by atoms with van der Waals surface area (Å²) in [7, 11) is 0. The Labute approximate surface area is 151 Å². The minimum atomic E-state index is -0.350. The number of carbonyl (C=O) groups excluding carboxylic acids is 3. The molecule has 0 fully saturated rings. The molecule has 0 saturated carbocycles. The molecule has 0 aliphatic carbocycles. The summed E-state index contributed by atoms with van der Waals surface area (Å²) >= 11 is 0. The van der Waals surface area contributed by atoms with E-state index in [1.807, 2.05) is 13.8 Å². The van der Waals surface area contributed by atoms with E-state index in [1.54, 1.807) is 12.4 Å². The predicted octanol–water partition coefficient (Wildman–Crippen LogP) is 5.03. The van der Waals surface area contributed by atoms with Crippen LogP contribution in [0.3, 0.4) is 0 Å². The highest BCUT2D eigenvalue weighted by Gasteiger charge is 2.19. The van der Waals surface area contributed by atoms with Gasteiger partial charge in [0, 0.05) is 12.0 Å². The number of ether oxygens (including phenoxy) is 1. The highest BCUT2D eigenvalue weighted by Crippen LogP contribution is 2.22. The lowest BCUT2D eigenvalue weighted by atomic mass is 10.0. The van der Waals surface area contributed by atoms with E-state index in [1.165, 1.54) is 25.0 Å². The Hall–Kier alpha value is -1.97. The Balaban J connectivity index is 2.72. The van der Waals surface area contributed by atoms with Crippen molar-refractivity contribution in [3.05, 3.63) is 29.3 Å². The van der Waals surface area contributed by atoms with E-state index in [0.29, 0.717) is 24.8 Å². The summed E-state index contributed by atoms with van der Waals surface area (Å²) < 4.78 is 5.33. The fourth-order valence-electron chi connectivity index (χ4n) is 2.72. The quantitative estimate of drug-likeness (QED) is 0.231. The standard InChI is InChI=1S/C21H29O4/c1-4-7-8-9-10-11-19(23)17-12-13-20(18(14-17)15-22)25-21(24)16(5-2)6-3/h12-14,16H,4-11H2,1-3H3. The molecule has 0 spiro atoms. The number of Topliss-reactive ketones (excluding diaryl/α,β-unsaturated/α-hetero) is 1. The van der Waals surface area contributed by atoms with Crippen molar-refractivity contribution in [2.24, 2.45) is 5.92 Å². The first-order valence-electron chi connectivity index (χ1n) is 9.34. The zero-order valence-corrected chi connectivity index (χ0v) is 15.6. The van der Waals surface area contributed by atoms with Crippen LogP contribution in [0.25, 0.3) is 0 Å². The number of hydrogen-bond acceptors (Lipinski definition) is 4. The summed E-state index contributed by atoms with van der Waals surface area (Å²) in [5.41, 5.74) is 0.590. The molecule has 0 aromatic heterocycles. The van der Waals surface area contributed by atoms with Gasteiger partial charge in [0.25, 0.3) is 0 Å². The molecule has 1 aromatic carbocycles. The molecule has 137 valence electrons. The summed E-state index contributed by atoms with van der Waals surface area (Å²) in [6, 6.07) is 4.60. The molecule has 0 bridgehead atoms. The highest BCUT2D eigenvalue weighted by atomic mass is 16.5. The lowest BCUT2D eigenvalue weighted by Gasteiger charge is -2.13. The van der Waals surface area contributed by atoms with Crippen molar-refractivity contribution in [3.8, 4) is 5.75 Å². The largest absolute Gasteiger partial charge is 0.426 e. The van der Waals surface area contributed by atoms with Crippen molar-refractivity contribution >= 4 is 18.0 Å². The summed E-state index contributed by atoms with van der Waals surface area (Å²) in [6.45, 7) is 6.00. The molecule has 1 rings (SSSR count). The molecular formula is C21H29O4. The van der Waals surface area contributed by atoms with Gasteiger partial charge in [0.05, 0.1) is 11.5 Å². The van der Waals surface area contributed by atoms with Crippen LogP contribution in [0.2, 0.25) is 0 Å². The van der Waals surface area contributed by atoms with Crippen molar-refractivity contribution in [1.82, 2.24) is 0 Å². The molecule has 0 aliphatic rings. The number of esters is 1. The second-order valence-electron chi connectivity index (χ2n) is 6.33. The van der Waals surface area contributed by atoms with E-state index in [-0.39, 0.29) is 29.0 Å². The van der Waals surface area contributed by atoms with Crippen LogP contribution in [0.5, 0.6) is 5.75 Å². The lowest BCUT2D eigenvalue weighted by molar-refractivity contribution is -0.139. The maximum atomic E-state index is 12.2. The minimum absolute atomic E-state index is 0.00543. The third-order valence-electron chi connectivity index (χ3n) is 4.45. The van der Waals surface area contributed by atoms with Gasteiger partial charge in [-0.15, -0.1) is 0 Å². The summed E-state index contributed by atoms with van der Waals surface area (Å²) in [4.78, 5) is 35.5. The van der Waals surface area contributed by atoms with Crippen LogP contribution in [-0.4, -0.2) is 18.0 Å². The van der Waals surface area contributed by atoms with Crippen molar-refractivity contribution in [1.29, 1.82) is 0 Å². The van der Waals surface area contributed by atoms with Gasteiger partial charge in [-0.1, -0.05) is 46.5 Å². The van der Waals surface area contributed by atoms with E-state index < -0.39 is 0 Å². The lowest BCUT2D eigenvalue weighted by Crippen LogP contribution is -2.20. The van der Waals surface area contributed by atoms with E-state index in [0.717, 1.165) is 19.3 Å². The van der Waals surface area contributed by atoms with Gasteiger partial charge in [-0.2, -0.15) is 0 Å². The van der Waals surface area contributed by atoms with Gasteiger partial charge >= 0.3 is 5.97 Å². The Morgan fingerprint density at radius 3 is 2.32 bits per heavy atom. The molecule has 4 heteroatoms. The predicted molar refractivity (Wildman–Crippen MR) is 98.7 cm³/mol. The number of hydrogen-bond donors (Lipinski definition) is 0. The summed E-state index contributed by atoms with van der Waals surface area (Å²) in [6.07, 6.45) is 9.00. The SMILES string of the molecule is CCCCCCCC(=O)c1ccc(OC(=O)C(CC)CC)c([C]=O)c1. The van der Waals surface area contributed by atoms with Crippen LogP contribution < -0.4 is 4.74 Å². The zero-order chi connectivity index (χ0) is 18.7. The Bertz CT molecular complexity index is 573. The maximum Gasteiger partial charge on any atom is 0.314 e. The van der Waals surface area contributed by atoms with Gasteiger partial charge in [0.15, 0.2) is 5.78 Å². The monoisotopic (exact) mass is 345 g/mol. The second kappa shape index (κ2) is 11.6. The van der Waals surface area contributed by atoms with Gasteiger partial charge < -0.3 is 4.74 Å². The maximum absolute atomic E-state index is 12.2. The fraction of sp³-hybridized carbons (Fsp3) is 0.571. The Morgan fingerprint density at radius 2 is 1.72 bits per heavy atom. The number of rotatable bonds is 12. The van der Waals surface area contributed by atoms with Gasteiger partial charge in [-0.25, -0.2) is 0 Å². The molecule has 4 nitrogen and oxygen atoms in total. The van der Waals surface area contributed by atoms with Crippen LogP contribution in [0, 0.1) is 5.92 Å². The average molecular weight is 345 g/mol. The van der Waals surface area contributed by atoms with Crippen LogP contribution in [-0.2, 0) is 9.59 Å². The van der Waals surface area contributed by atoms with Crippen molar-refractivity contribution in [2.75, 3.05) is 0 Å². The van der Waals surface area contributed by atoms with Gasteiger partial charge in [0.2, 0.25) is 6.29 Å². The molecule has 0 aliphatic heterocycles. The van der Waals surface area contributed by atoms with Gasteiger partial charge in [-0.3, -0.25) is 14.4 Å². The molecule has 1 radical (unpaired) electrons. The molecule has 0 amide bonds. The number of benzene rings is 1. The molecule has 0 unspecified atom stereocenters. The van der Waals surface area contributed by atoms with Crippen LogP contribution in [0.1, 0.15) is 88.1 Å². The van der Waals surface area contributed by atoms with Crippen molar-refractivity contribution < 1.29 is 19.1 Å². The van der Waals surface area contributed by atoms with E-state index >= 15 is 0 Å². The van der Waals surface area contributed by atoms with Crippen LogP contribution in [0.4, 0.5) is 0 Å². The number of carbonyl (C=O) groups is 2. The molecule has 0 N–H and O–H groups in total. The van der Waals surface area contributed by atoms with E-state index in [4.69, 9.17) is 4.74 Å². The molecule has 0 heterocycles. The Kier molecular flexibility index (Phi) is 9.75. The smallest absolute Gasteiger partial charge is 0.314 e. The number of unbranched alkanes of at least 4 members (excludes halogenated alkanes) is 4. The molecule has 25 heavy (non-hydrogen) atoms. The molecule has 1 aromatic rings. The van der Waals surface area contributed by atoms with E-state index in [2.05, 4.69) is 6.92 Å². The third-order valence-corrected chi connectivity index (χ3v) is 4.45. The van der Waals surface area contributed by atoms with Crippen molar-refractivity contribution in [2.45, 2.75) is 72.1 Å². The fourth-order valence-corrected chi connectivity index (χ4v) is 2.72. The van der Waals surface area contributed by atoms with Crippen LogP contribution in [0.15, 0.2) is 18.2 Å². The number of ketones is 1. The normalized spacial score (nSPS) is 10.7. The molecular weight excluding hydrogens is 316 g/mol. The summed E-state index contributed by atoms with van der Waals surface area (Å²) in [5.74, 6) is -0.363. The Morgan fingerprint density at radius 1 is 1.04 bits per heavy atom. The zero-order valence-electron chi connectivity index (χ0n) is 15.6. The average Bonchev–Trinajstić information content (AvgIpc) is 2.62. The second-order valence-corrected chi connectivity index (χ2v) is 6.33. The first-order chi connectivity index (χ1) is 12.1. The molecule has 0 saturated heterocycles. The minimum Gasteiger partial charge on any atom is -0.426 e. The van der Waals surface area contributed by atoms with Gasteiger partial charge in [-0.05, 0) is 37.5 Å².